The molecule has 7 nitrogen and oxygen atoms in total. The lowest BCUT2D eigenvalue weighted by Crippen LogP contribution is -2.49. The van der Waals surface area contributed by atoms with E-state index < -0.39 is 27.8 Å². The number of sulfonamides is 1. The Bertz CT molecular complexity index is 644. The SMILES string of the molecule is O=C(O)CNS(=O)(=O)C1CCCN(C(=O)c2ccccc2)C1. The number of likely N-dealkylation sites (tertiary alicyclic amines) is 1. The zero-order valence-corrected chi connectivity index (χ0v) is 12.8. The van der Waals surface area contributed by atoms with Crippen LogP contribution in [-0.2, 0) is 14.8 Å². The van der Waals surface area contributed by atoms with Gasteiger partial charge < -0.3 is 10.0 Å². The summed E-state index contributed by atoms with van der Waals surface area (Å²) in [5.41, 5.74) is 0.513. The molecule has 1 saturated heterocycles. The van der Waals surface area contributed by atoms with E-state index in [1.165, 1.54) is 4.90 Å². The van der Waals surface area contributed by atoms with Crippen molar-refractivity contribution >= 4 is 21.9 Å². The highest BCUT2D eigenvalue weighted by molar-refractivity contribution is 7.90. The van der Waals surface area contributed by atoms with Gasteiger partial charge in [0.25, 0.3) is 5.91 Å². The van der Waals surface area contributed by atoms with E-state index in [1.807, 2.05) is 0 Å². The van der Waals surface area contributed by atoms with Crippen molar-refractivity contribution in [3.63, 3.8) is 0 Å². The van der Waals surface area contributed by atoms with E-state index in [2.05, 4.69) is 4.72 Å². The average molecular weight is 326 g/mol. The van der Waals surface area contributed by atoms with Crippen molar-refractivity contribution in [1.82, 2.24) is 9.62 Å². The largest absolute Gasteiger partial charge is 0.480 e. The van der Waals surface area contributed by atoms with Crippen LogP contribution in [0.25, 0.3) is 0 Å². The number of carbonyl (C=O) groups is 2. The Hall–Kier alpha value is -1.93. The number of carboxylic acid groups (broad SMARTS) is 1. The van der Waals surface area contributed by atoms with Crippen LogP contribution in [0, 0.1) is 0 Å². The molecule has 0 spiro atoms. The van der Waals surface area contributed by atoms with E-state index in [0.29, 0.717) is 24.9 Å². The molecule has 1 amide bonds. The van der Waals surface area contributed by atoms with Gasteiger partial charge in [0, 0.05) is 18.7 Å². The second kappa shape index (κ2) is 6.89. The maximum Gasteiger partial charge on any atom is 0.318 e. The summed E-state index contributed by atoms with van der Waals surface area (Å²) in [6, 6.07) is 8.67. The summed E-state index contributed by atoms with van der Waals surface area (Å²) in [6.45, 7) is -0.0766. The molecule has 0 saturated carbocycles. The summed E-state index contributed by atoms with van der Waals surface area (Å²) >= 11 is 0. The molecule has 8 heteroatoms. The van der Waals surface area contributed by atoms with Crippen molar-refractivity contribution < 1.29 is 23.1 Å². The molecule has 22 heavy (non-hydrogen) atoms. The van der Waals surface area contributed by atoms with Gasteiger partial charge in [-0.3, -0.25) is 9.59 Å². The Morgan fingerprint density at radius 1 is 1.27 bits per heavy atom. The number of carboxylic acids is 1. The molecule has 0 radical (unpaired) electrons. The minimum atomic E-state index is -3.75. The van der Waals surface area contributed by atoms with Crippen molar-refractivity contribution in [3.8, 4) is 0 Å². The third kappa shape index (κ3) is 4.05. The number of nitrogens with one attached hydrogen (secondary N) is 1. The van der Waals surface area contributed by atoms with Gasteiger partial charge in [-0.05, 0) is 25.0 Å². The molecule has 2 N–H and O–H groups in total. The van der Waals surface area contributed by atoms with Gasteiger partial charge in [-0.25, -0.2) is 13.1 Å². The summed E-state index contributed by atoms with van der Waals surface area (Å²) in [5.74, 6) is -1.45. The topological polar surface area (TPSA) is 104 Å². The fraction of sp³-hybridized carbons (Fsp3) is 0.429. The maximum atomic E-state index is 12.4. The van der Waals surface area contributed by atoms with Gasteiger partial charge in [-0.1, -0.05) is 18.2 Å². The molecule has 0 aromatic heterocycles. The van der Waals surface area contributed by atoms with Crippen molar-refractivity contribution in [2.24, 2.45) is 0 Å². The van der Waals surface area contributed by atoms with Crippen LogP contribution in [0.5, 0.6) is 0 Å². The summed E-state index contributed by atoms with van der Waals surface area (Å²) < 4.78 is 26.2. The molecule has 0 bridgehead atoms. The fourth-order valence-corrected chi connectivity index (χ4v) is 3.83. The number of hydrogen-bond donors (Lipinski definition) is 2. The van der Waals surface area contributed by atoms with Gasteiger partial charge >= 0.3 is 5.97 Å². The van der Waals surface area contributed by atoms with E-state index in [4.69, 9.17) is 5.11 Å². The van der Waals surface area contributed by atoms with Gasteiger partial charge in [-0.15, -0.1) is 0 Å². The third-order valence-electron chi connectivity index (χ3n) is 3.55. The first-order valence-corrected chi connectivity index (χ1v) is 8.49. The Kier molecular flexibility index (Phi) is 5.15. The number of benzene rings is 1. The zero-order valence-electron chi connectivity index (χ0n) is 11.9. The lowest BCUT2D eigenvalue weighted by atomic mass is 10.1. The van der Waals surface area contributed by atoms with E-state index in [1.54, 1.807) is 30.3 Å². The van der Waals surface area contributed by atoms with Gasteiger partial charge in [0.2, 0.25) is 10.0 Å². The highest BCUT2D eigenvalue weighted by Gasteiger charge is 2.33. The van der Waals surface area contributed by atoms with E-state index in [0.717, 1.165) is 0 Å². The van der Waals surface area contributed by atoms with Gasteiger partial charge in [0.05, 0.1) is 5.25 Å². The van der Waals surface area contributed by atoms with Gasteiger partial charge in [0.15, 0.2) is 0 Å². The number of piperidine rings is 1. The molecule has 1 aromatic rings. The molecular weight excluding hydrogens is 308 g/mol. The van der Waals surface area contributed by atoms with E-state index >= 15 is 0 Å². The molecule has 0 aliphatic carbocycles. The smallest absolute Gasteiger partial charge is 0.318 e. The second-order valence-corrected chi connectivity index (χ2v) is 7.19. The fourth-order valence-electron chi connectivity index (χ4n) is 2.42. The number of amides is 1. The highest BCUT2D eigenvalue weighted by Crippen LogP contribution is 2.18. The van der Waals surface area contributed by atoms with Crippen molar-refractivity contribution in [3.05, 3.63) is 35.9 Å². The van der Waals surface area contributed by atoms with E-state index in [9.17, 15) is 18.0 Å². The van der Waals surface area contributed by atoms with Gasteiger partial charge in [-0.2, -0.15) is 0 Å². The minimum Gasteiger partial charge on any atom is -0.480 e. The van der Waals surface area contributed by atoms with Crippen molar-refractivity contribution in [2.75, 3.05) is 19.6 Å². The molecule has 1 heterocycles. The number of hydrogen-bond acceptors (Lipinski definition) is 4. The van der Waals surface area contributed by atoms with Crippen molar-refractivity contribution in [2.45, 2.75) is 18.1 Å². The zero-order chi connectivity index (χ0) is 16.2. The summed E-state index contributed by atoms with van der Waals surface area (Å²) in [4.78, 5) is 24.4. The first-order chi connectivity index (χ1) is 10.4. The van der Waals surface area contributed by atoms with Crippen LogP contribution in [0.4, 0.5) is 0 Å². The lowest BCUT2D eigenvalue weighted by Gasteiger charge is -2.32. The molecular formula is C14H18N2O5S. The monoisotopic (exact) mass is 326 g/mol. The predicted octanol–water partition coefficient (Wildman–Crippen LogP) is 0.295. The molecule has 1 fully saturated rings. The Morgan fingerprint density at radius 3 is 2.59 bits per heavy atom. The molecule has 1 aliphatic heterocycles. The van der Waals surface area contributed by atoms with Crippen LogP contribution in [-0.4, -0.2) is 55.2 Å². The highest BCUT2D eigenvalue weighted by atomic mass is 32.2. The number of nitrogens with zero attached hydrogens (tertiary/aromatic N) is 1. The third-order valence-corrected chi connectivity index (χ3v) is 5.36. The Labute approximate surface area is 129 Å². The molecule has 1 aliphatic rings. The summed E-state index contributed by atoms with van der Waals surface area (Å²) in [6.07, 6.45) is 0.977. The molecule has 2 rings (SSSR count). The lowest BCUT2D eigenvalue weighted by molar-refractivity contribution is -0.135. The number of carbonyl (C=O) groups excluding carboxylic acids is 1. The molecule has 120 valence electrons. The average Bonchev–Trinajstić information content (AvgIpc) is 2.53. The minimum absolute atomic E-state index is 0.0721. The van der Waals surface area contributed by atoms with Crippen LogP contribution in [0.15, 0.2) is 30.3 Å². The van der Waals surface area contributed by atoms with E-state index in [-0.39, 0.29) is 12.5 Å². The number of aliphatic carboxylic acids is 1. The number of rotatable bonds is 5. The standard InChI is InChI=1S/C14H18N2O5S/c17-13(18)9-15-22(20,21)12-7-4-8-16(10-12)14(19)11-5-2-1-3-6-11/h1-3,5-6,12,15H,4,7-10H2,(H,17,18). The Morgan fingerprint density at radius 2 is 1.95 bits per heavy atom. The summed E-state index contributed by atoms with van der Waals surface area (Å²) in [7, 11) is -3.75. The van der Waals surface area contributed by atoms with Crippen molar-refractivity contribution in [1.29, 1.82) is 0 Å². The predicted molar refractivity (Wildman–Crippen MR) is 79.9 cm³/mol. The van der Waals surface area contributed by atoms with Gasteiger partial charge in [0.1, 0.15) is 6.54 Å². The normalized spacial score (nSPS) is 18.9. The van der Waals surface area contributed by atoms with Crippen LogP contribution < -0.4 is 4.72 Å². The molecule has 1 unspecified atom stereocenters. The van der Waals surface area contributed by atoms with Crippen LogP contribution in [0.2, 0.25) is 0 Å². The summed E-state index contributed by atoms with van der Waals surface area (Å²) in [5, 5.41) is 7.79. The quantitative estimate of drug-likeness (QED) is 0.810. The van der Waals surface area contributed by atoms with Crippen LogP contribution >= 0.6 is 0 Å². The molecule has 1 atom stereocenters. The first kappa shape index (κ1) is 16.4. The molecule has 1 aromatic carbocycles. The van der Waals surface area contributed by atoms with Crippen LogP contribution in [0.1, 0.15) is 23.2 Å². The second-order valence-electron chi connectivity index (χ2n) is 5.14. The Balaban J connectivity index is 2.05. The first-order valence-electron chi connectivity index (χ1n) is 6.95. The maximum absolute atomic E-state index is 12.4. The van der Waals surface area contributed by atoms with Crippen LogP contribution in [0.3, 0.4) is 0 Å².